The van der Waals surface area contributed by atoms with Gasteiger partial charge in [-0.05, 0) is 74.9 Å². The number of nitriles is 1. The molecule has 1 atom stereocenters. The molecule has 1 N–H and O–H groups in total. The van der Waals surface area contributed by atoms with E-state index in [1.54, 1.807) is 24.3 Å². The van der Waals surface area contributed by atoms with Crippen LogP contribution in [0.3, 0.4) is 0 Å². The molecule has 0 radical (unpaired) electrons. The largest absolute Gasteiger partial charge is 0.326 e. The van der Waals surface area contributed by atoms with Gasteiger partial charge < -0.3 is 10.2 Å². The van der Waals surface area contributed by atoms with E-state index in [4.69, 9.17) is 5.26 Å². The van der Waals surface area contributed by atoms with Gasteiger partial charge in [-0.15, -0.1) is 0 Å². The van der Waals surface area contributed by atoms with Crippen molar-refractivity contribution in [3.63, 3.8) is 0 Å². The number of hydrogen-bond acceptors (Lipinski definition) is 3. The van der Waals surface area contributed by atoms with Crippen molar-refractivity contribution in [2.75, 3.05) is 10.2 Å². The zero-order chi connectivity index (χ0) is 20.4. The lowest BCUT2D eigenvalue weighted by atomic mass is 9.80. The fraction of sp³-hybridized carbons (Fsp3) is 0.375. The van der Waals surface area contributed by atoms with Gasteiger partial charge >= 0.3 is 0 Å². The number of carbonyl (C=O) groups excluding carboxylic acids is 2. The van der Waals surface area contributed by atoms with Crippen LogP contribution in [-0.4, -0.2) is 17.9 Å². The van der Waals surface area contributed by atoms with Gasteiger partial charge in [0.05, 0.1) is 11.6 Å². The average Bonchev–Trinajstić information content (AvgIpc) is 3.09. The van der Waals surface area contributed by atoms with Crippen LogP contribution in [-0.2, 0) is 16.0 Å². The maximum Gasteiger partial charge on any atom is 0.230 e. The van der Waals surface area contributed by atoms with E-state index in [9.17, 15) is 9.59 Å². The Balaban J connectivity index is 1.35. The molecular weight excluding hydrogens is 362 g/mol. The fourth-order valence-electron chi connectivity index (χ4n) is 4.57. The van der Waals surface area contributed by atoms with E-state index in [2.05, 4.69) is 24.4 Å². The molecule has 148 valence electrons. The molecule has 1 aliphatic heterocycles. The molecule has 0 spiro atoms. The van der Waals surface area contributed by atoms with Crippen LogP contribution in [0.2, 0.25) is 0 Å². The van der Waals surface area contributed by atoms with Crippen LogP contribution in [0.15, 0.2) is 48.5 Å². The van der Waals surface area contributed by atoms with E-state index < -0.39 is 0 Å². The number of rotatable bonds is 3. The number of anilines is 2. The molecule has 1 aliphatic carbocycles. The van der Waals surface area contributed by atoms with Crippen molar-refractivity contribution in [3.8, 4) is 6.07 Å². The second-order valence-corrected chi connectivity index (χ2v) is 8.12. The summed E-state index contributed by atoms with van der Waals surface area (Å²) < 4.78 is 0. The Morgan fingerprint density at radius 1 is 1.00 bits per heavy atom. The normalized spacial score (nSPS) is 23.2. The van der Waals surface area contributed by atoms with Crippen molar-refractivity contribution >= 4 is 23.2 Å². The minimum atomic E-state index is -0.0713. The standard InChI is InChI=1S/C24H25N3O2/c1-16-14-20-4-2-3-5-22(20)27(16)24(29)19-10-8-18(9-11-19)23(28)26-21-12-6-17(15-25)7-13-21/h2-7,12-13,16,18-19H,8-11,14H2,1H3,(H,26,28). The van der Waals surface area contributed by atoms with E-state index in [0.717, 1.165) is 37.8 Å². The topological polar surface area (TPSA) is 73.2 Å². The predicted octanol–water partition coefficient (Wildman–Crippen LogP) is 4.28. The lowest BCUT2D eigenvalue weighted by Crippen LogP contribution is -2.42. The summed E-state index contributed by atoms with van der Waals surface area (Å²) >= 11 is 0. The first-order valence-corrected chi connectivity index (χ1v) is 10.3. The summed E-state index contributed by atoms with van der Waals surface area (Å²) in [7, 11) is 0. The van der Waals surface area contributed by atoms with Crippen LogP contribution in [0.4, 0.5) is 11.4 Å². The van der Waals surface area contributed by atoms with Gasteiger partial charge in [-0.3, -0.25) is 9.59 Å². The number of para-hydroxylation sites is 1. The Kier molecular flexibility index (Phi) is 5.35. The zero-order valence-corrected chi connectivity index (χ0v) is 16.6. The molecule has 2 amide bonds. The van der Waals surface area contributed by atoms with Gasteiger partial charge in [0.15, 0.2) is 0 Å². The highest BCUT2D eigenvalue weighted by Crippen LogP contribution is 2.37. The van der Waals surface area contributed by atoms with Crippen molar-refractivity contribution in [1.29, 1.82) is 5.26 Å². The lowest BCUT2D eigenvalue weighted by Gasteiger charge is -2.32. The van der Waals surface area contributed by atoms with Crippen LogP contribution < -0.4 is 10.2 Å². The number of amides is 2. The number of hydrogen-bond donors (Lipinski definition) is 1. The van der Waals surface area contributed by atoms with Gasteiger partial charge in [0.2, 0.25) is 11.8 Å². The van der Waals surface area contributed by atoms with Gasteiger partial charge in [0.25, 0.3) is 0 Å². The van der Waals surface area contributed by atoms with E-state index in [1.807, 2.05) is 23.1 Å². The third-order valence-corrected chi connectivity index (χ3v) is 6.17. The molecular formula is C24H25N3O2. The summed E-state index contributed by atoms with van der Waals surface area (Å²) in [6.07, 6.45) is 3.85. The molecule has 5 nitrogen and oxygen atoms in total. The summed E-state index contributed by atoms with van der Waals surface area (Å²) in [5.74, 6) is 0.120. The predicted molar refractivity (Wildman–Crippen MR) is 112 cm³/mol. The van der Waals surface area contributed by atoms with Gasteiger partial charge in [0.1, 0.15) is 0 Å². The molecule has 2 aromatic carbocycles. The number of nitrogens with zero attached hydrogens (tertiary/aromatic N) is 2. The molecule has 1 unspecified atom stereocenters. The quantitative estimate of drug-likeness (QED) is 0.854. The Bertz CT molecular complexity index is 953. The second kappa shape index (κ2) is 8.08. The number of fused-ring (bicyclic) bond motifs is 1. The Morgan fingerprint density at radius 3 is 2.34 bits per heavy atom. The smallest absolute Gasteiger partial charge is 0.230 e. The summed E-state index contributed by atoms with van der Waals surface area (Å²) in [6.45, 7) is 2.11. The highest BCUT2D eigenvalue weighted by atomic mass is 16.2. The molecule has 0 aromatic heterocycles. The summed E-state index contributed by atoms with van der Waals surface area (Å²) in [5, 5.41) is 11.8. The summed E-state index contributed by atoms with van der Waals surface area (Å²) in [6, 6.07) is 17.3. The minimum absolute atomic E-state index is 0.000456. The summed E-state index contributed by atoms with van der Waals surface area (Å²) in [4.78, 5) is 27.8. The Hall–Kier alpha value is -3.13. The zero-order valence-electron chi connectivity index (χ0n) is 16.6. The highest BCUT2D eigenvalue weighted by molar-refractivity contribution is 5.98. The molecule has 29 heavy (non-hydrogen) atoms. The number of benzene rings is 2. The molecule has 5 heteroatoms. The summed E-state index contributed by atoms with van der Waals surface area (Å²) in [5.41, 5.74) is 3.56. The van der Waals surface area contributed by atoms with E-state index in [-0.39, 0.29) is 29.7 Å². The van der Waals surface area contributed by atoms with Crippen LogP contribution in [0, 0.1) is 23.2 Å². The van der Waals surface area contributed by atoms with Crippen molar-refractivity contribution in [2.24, 2.45) is 11.8 Å². The number of carbonyl (C=O) groups is 2. The highest BCUT2D eigenvalue weighted by Gasteiger charge is 2.37. The van der Waals surface area contributed by atoms with E-state index in [0.29, 0.717) is 11.3 Å². The Labute approximate surface area is 171 Å². The third kappa shape index (κ3) is 3.88. The first kappa shape index (κ1) is 19.2. The van der Waals surface area contributed by atoms with Crippen molar-refractivity contribution in [3.05, 3.63) is 59.7 Å². The molecule has 2 aliphatic rings. The first-order chi connectivity index (χ1) is 14.1. The maximum atomic E-state index is 13.2. The first-order valence-electron chi connectivity index (χ1n) is 10.3. The van der Waals surface area contributed by atoms with Gasteiger partial charge in [-0.25, -0.2) is 0 Å². The van der Waals surface area contributed by atoms with Crippen LogP contribution in [0.25, 0.3) is 0 Å². The fourth-order valence-corrected chi connectivity index (χ4v) is 4.57. The second-order valence-electron chi connectivity index (χ2n) is 8.12. The average molecular weight is 387 g/mol. The molecule has 1 heterocycles. The SMILES string of the molecule is CC1Cc2ccccc2N1C(=O)C1CCC(C(=O)Nc2ccc(C#N)cc2)CC1. The maximum absolute atomic E-state index is 13.2. The molecule has 1 fully saturated rings. The number of nitrogens with one attached hydrogen (secondary N) is 1. The van der Waals surface area contributed by atoms with Crippen molar-refractivity contribution in [1.82, 2.24) is 0 Å². The molecule has 0 bridgehead atoms. The van der Waals surface area contributed by atoms with Gasteiger partial charge in [-0.2, -0.15) is 5.26 Å². The van der Waals surface area contributed by atoms with Gasteiger partial charge in [0, 0.05) is 29.3 Å². The minimum Gasteiger partial charge on any atom is -0.326 e. The molecule has 4 rings (SSSR count). The van der Waals surface area contributed by atoms with Crippen LogP contribution in [0.5, 0.6) is 0 Å². The Morgan fingerprint density at radius 2 is 1.66 bits per heavy atom. The molecule has 1 saturated carbocycles. The van der Waals surface area contributed by atoms with E-state index >= 15 is 0 Å². The van der Waals surface area contributed by atoms with Crippen molar-refractivity contribution in [2.45, 2.75) is 45.1 Å². The monoisotopic (exact) mass is 387 g/mol. The third-order valence-electron chi connectivity index (χ3n) is 6.17. The van der Waals surface area contributed by atoms with Crippen LogP contribution in [0.1, 0.15) is 43.7 Å². The molecule has 0 saturated heterocycles. The lowest BCUT2D eigenvalue weighted by molar-refractivity contribution is -0.126. The van der Waals surface area contributed by atoms with Crippen molar-refractivity contribution < 1.29 is 9.59 Å². The van der Waals surface area contributed by atoms with Gasteiger partial charge in [-0.1, -0.05) is 18.2 Å². The van der Waals surface area contributed by atoms with Crippen LogP contribution >= 0.6 is 0 Å². The van der Waals surface area contributed by atoms with E-state index in [1.165, 1.54) is 5.56 Å². The molecule has 2 aromatic rings.